The number of amides is 2. The molecule has 8 heteroatoms. The summed E-state index contributed by atoms with van der Waals surface area (Å²) < 4.78 is 5.62. The Balaban J connectivity index is 1.31. The number of ether oxygens (including phenoxy) is 1. The first kappa shape index (κ1) is 24.9. The Hall–Kier alpha value is -3.22. The number of halogens is 2. The number of hydrogen-bond donors (Lipinski definition) is 1. The van der Waals surface area contributed by atoms with Crippen LogP contribution < -0.4 is 15.0 Å². The molecule has 0 spiro atoms. The second-order valence-electron chi connectivity index (χ2n) is 8.52. The summed E-state index contributed by atoms with van der Waals surface area (Å²) in [6.45, 7) is 6.25. The maximum atomic E-state index is 12.7. The first-order valence-electron chi connectivity index (χ1n) is 11.4. The Morgan fingerprint density at radius 3 is 2.20 bits per heavy atom. The van der Waals surface area contributed by atoms with Gasteiger partial charge in [-0.05, 0) is 67.4 Å². The van der Waals surface area contributed by atoms with Crippen LogP contribution in [0.2, 0.25) is 10.0 Å². The van der Waals surface area contributed by atoms with E-state index >= 15 is 0 Å². The number of carbonyl (C=O) groups is 2. The number of nitrogens with zero attached hydrogens (tertiary/aromatic N) is 2. The predicted molar refractivity (Wildman–Crippen MR) is 141 cm³/mol. The smallest absolute Gasteiger partial charge is 0.262 e. The Morgan fingerprint density at radius 1 is 0.914 bits per heavy atom. The van der Waals surface area contributed by atoms with Gasteiger partial charge in [0.1, 0.15) is 5.75 Å². The molecular formula is C27H27Cl2N3O3. The molecule has 3 aromatic carbocycles. The van der Waals surface area contributed by atoms with Crippen molar-refractivity contribution in [3.05, 3.63) is 87.4 Å². The molecule has 1 heterocycles. The van der Waals surface area contributed by atoms with Gasteiger partial charge in [-0.1, -0.05) is 41.4 Å². The summed E-state index contributed by atoms with van der Waals surface area (Å²) in [5.74, 6) is 0.352. The Morgan fingerprint density at radius 2 is 1.57 bits per heavy atom. The fourth-order valence-electron chi connectivity index (χ4n) is 4.09. The van der Waals surface area contributed by atoms with E-state index in [0.29, 0.717) is 53.2 Å². The highest BCUT2D eigenvalue weighted by Gasteiger charge is 2.23. The summed E-state index contributed by atoms with van der Waals surface area (Å²) >= 11 is 12.7. The van der Waals surface area contributed by atoms with Crippen LogP contribution in [0.5, 0.6) is 5.75 Å². The molecule has 6 nitrogen and oxygen atoms in total. The van der Waals surface area contributed by atoms with Crippen molar-refractivity contribution in [2.45, 2.75) is 13.8 Å². The minimum absolute atomic E-state index is 0.0422. The summed E-state index contributed by atoms with van der Waals surface area (Å²) in [4.78, 5) is 29.1. The molecule has 4 rings (SSSR count). The van der Waals surface area contributed by atoms with Crippen LogP contribution in [0, 0.1) is 13.8 Å². The van der Waals surface area contributed by atoms with Crippen LogP contribution in [0.3, 0.4) is 0 Å². The molecule has 1 saturated heterocycles. The highest BCUT2D eigenvalue weighted by molar-refractivity contribution is 6.33. The molecule has 0 atom stereocenters. The molecule has 1 aliphatic rings. The van der Waals surface area contributed by atoms with E-state index in [1.807, 2.05) is 61.2 Å². The van der Waals surface area contributed by atoms with Gasteiger partial charge in [-0.3, -0.25) is 9.59 Å². The number of benzene rings is 3. The second-order valence-corrected chi connectivity index (χ2v) is 9.30. The lowest BCUT2D eigenvalue weighted by molar-refractivity contribution is -0.118. The van der Waals surface area contributed by atoms with E-state index in [4.69, 9.17) is 27.9 Å². The quantitative estimate of drug-likeness (QED) is 0.468. The van der Waals surface area contributed by atoms with E-state index in [2.05, 4.69) is 10.2 Å². The maximum absolute atomic E-state index is 12.7. The highest BCUT2D eigenvalue weighted by Crippen LogP contribution is 2.30. The number of nitrogens with one attached hydrogen (secondary N) is 1. The van der Waals surface area contributed by atoms with Crippen molar-refractivity contribution in [1.82, 2.24) is 4.90 Å². The van der Waals surface area contributed by atoms with Gasteiger partial charge in [-0.2, -0.15) is 0 Å². The van der Waals surface area contributed by atoms with Crippen molar-refractivity contribution in [3.63, 3.8) is 0 Å². The molecule has 1 N–H and O–H groups in total. The summed E-state index contributed by atoms with van der Waals surface area (Å²) in [6, 6.07) is 18.4. The number of hydrogen-bond acceptors (Lipinski definition) is 4. The van der Waals surface area contributed by atoms with Crippen LogP contribution in [0.25, 0.3) is 0 Å². The van der Waals surface area contributed by atoms with Crippen LogP contribution >= 0.6 is 23.2 Å². The Bertz CT molecular complexity index is 1200. The average molecular weight is 512 g/mol. The summed E-state index contributed by atoms with van der Waals surface area (Å²) in [5, 5.41) is 4.05. The molecule has 1 aliphatic heterocycles. The second kappa shape index (κ2) is 11.0. The SMILES string of the molecule is Cc1cc(OCC(=O)Nc2ccc(N3CCN(C(=O)c4ccccc4)CC3)c(Cl)c2)cc(C)c1Cl. The molecule has 2 amide bonds. The summed E-state index contributed by atoms with van der Waals surface area (Å²) in [5.41, 5.74) is 3.96. The van der Waals surface area contributed by atoms with Crippen molar-refractivity contribution < 1.29 is 14.3 Å². The first-order chi connectivity index (χ1) is 16.8. The van der Waals surface area contributed by atoms with Gasteiger partial charge in [-0.15, -0.1) is 0 Å². The number of carbonyl (C=O) groups excluding carboxylic acids is 2. The van der Waals surface area contributed by atoms with E-state index in [9.17, 15) is 9.59 Å². The van der Waals surface area contributed by atoms with Crippen molar-refractivity contribution >= 4 is 46.4 Å². The number of piperazine rings is 1. The lowest BCUT2D eigenvalue weighted by Crippen LogP contribution is -2.48. The molecule has 0 aliphatic carbocycles. The standard InChI is InChI=1S/C27H27Cl2N3O3/c1-18-14-22(15-19(2)26(18)29)35-17-25(33)30-21-8-9-24(23(28)16-21)31-10-12-32(13-11-31)27(34)20-6-4-3-5-7-20/h3-9,14-16H,10-13,17H2,1-2H3,(H,30,33). The molecule has 0 radical (unpaired) electrons. The maximum Gasteiger partial charge on any atom is 0.262 e. The van der Waals surface area contributed by atoms with Gasteiger partial charge in [0.05, 0.1) is 10.7 Å². The third-order valence-electron chi connectivity index (χ3n) is 5.94. The lowest BCUT2D eigenvalue weighted by Gasteiger charge is -2.36. The number of aryl methyl sites for hydroxylation is 2. The third kappa shape index (κ3) is 6.08. The largest absolute Gasteiger partial charge is 0.484 e. The molecule has 182 valence electrons. The van der Waals surface area contributed by atoms with E-state index in [0.717, 1.165) is 16.8 Å². The fourth-order valence-corrected chi connectivity index (χ4v) is 4.50. The molecule has 0 unspecified atom stereocenters. The first-order valence-corrected chi connectivity index (χ1v) is 12.2. The lowest BCUT2D eigenvalue weighted by atomic mass is 10.1. The molecule has 3 aromatic rings. The van der Waals surface area contributed by atoms with Crippen LogP contribution in [-0.4, -0.2) is 49.5 Å². The van der Waals surface area contributed by atoms with Gasteiger partial charge in [0.2, 0.25) is 0 Å². The predicted octanol–water partition coefficient (Wildman–Crippen LogP) is 5.59. The van der Waals surface area contributed by atoms with Gasteiger partial charge in [0.25, 0.3) is 11.8 Å². The zero-order chi connectivity index (χ0) is 24.9. The van der Waals surface area contributed by atoms with Gasteiger partial charge < -0.3 is 19.9 Å². The monoisotopic (exact) mass is 511 g/mol. The van der Waals surface area contributed by atoms with Crippen molar-refractivity contribution in [2.24, 2.45) is 0 Å². The van der Waals surface area contributed by atoms with E-state index < -0.39 is 0 Å². The van der Waals surface area contributed by atoms with Crippen LogP contribution in [-0.2, 0) is 4.79 Å². The number of anilines is 2. The van der Waals surface area contributed by atoms with E-state index in [-0.39, 0.29) is 18.4 Å². The Labute approximate surface area is 215 Å². The molecule has 0 bridgehead atoms. The minimum Gasteiger partial charge on any atom is -0.484 e. The van der Waals surface area contributed by atoms with Crippen LogP contribution in [0.1, 0.15) is 21.5 Å². The molecular weight excluding hydrogens is 485 g/mol. The minimum atomic E-state index is -0.285. The highest BCUT2D eigenvalue weighted by atomic mass is 35.5. The average Bonchev–Trinajstić information content (AvgIpc) is 2.86. The van der Waals surface area contributed by atoms with Gasteiger partial charge in [0, 0.05) is 42.5 Å². The van der Waals surface area contributed by atoms with Crippen molar-refractivity contribution in [1.29, 1.82) is 0 Å². The fraction of sp³-hybridized carbons (Fsp3) is 0.259. The summed E-state index contributed by atoms with van der Waals surface area (Å²) in [6.07, 6.45) is 0. The molecule has 35 heavy (non-hydrogen) atoms. The normalized spacial score (nSPS) is 13.5. The zero-order valence-electron chi connectivity index (χ0n) is 19.7. The van der Waals surface area contributed by atoms with Gasteiger partial charge >= 0.3 is 0 Å². The molecule has 0 saturated carbocycles. The van der Waals surface area contributed by atoms with E-state index in [1.165, 1.54) is 0 Å². The Kier molecular flexibility index (Phi) is 7.83. The zero-order valence-corrected chi connectivity index (χ0v) is 21.2. The molecule has 0 aromatic heterocycles. The van der Waals surface area contributed by atoms with Crippen molar-refractivity contribution in [2.75, 3.05) is 43.0 Å². The van der Waals surface area contributed by atoms with Gasteiger partial charge in [0.15, 0.2) is 6.61 Å². The molecule has 1 fully saturated rings. The topological polar surface area (TPSA) is 61.9 Å². The van der Waals surface area contributed by atoms with Crippen molar-refractivity contribution in [3.8, 4) is 5.75 Å². The number of rotatable bonds is 6. The van der Waals surface area contributed by atoms with Gasteiger partial charge in [-0.25, -0.2) is 0 Å². The van der Waals surface area contributed by atoms with E-state index in [1.54, 1.807) is 18.2 Å². The van der Waals surface area contributed by atoms with Crippen LogP contribution in [0.4, 0.5) is 11.4 Å². The third-order valence-corrected chi connectivity index (χ3v) is 6.84. The summed E-state index contributed by atoms with van der Waals surface area (Å²) in [7, 11) is 0. The van der Waals surface area contributed by atoms with Crippen LogP contribution in [0.15, 0.2) is 60.7 Å².